The van der Waals surface area contributed by atoms with Crippen LogP contribution in [0.2, 0.25) is 0 Å². The first-order valence-electron chi connectivity index (χ1n) is 17.2. The number of ether oxygens (including phenoxy) is 2. The smallest absolute Gasteiger partial charge is 0.407 e. The van der Waals surface area contributed by atoms with Gasteiger partial charge < -0.3 is 25.0 Å². The molecule has 49 heavy (non-hydrogen) atoms. The monoisotopic (exact) mass is 698 g/mol. The van der Waals surface area contributed by atoms with E-state index in [0.29, 0.717) is 42.5 Å². The van der Waals surface area contributed by atoms with E-state index >= 15 is 0 Å². The quantitative estimate of drug-likeness (QED) is 0.405. The molecule has 6 rings (SSSR count). The van der Waals surface area contributed by atoms with Gasteiger partial charge in [0.2, 0.25) is 27.7 Å². The number of carbonyl (C=O) groups is 4. The highest BCUT2D eigenvalue weighted by Gasteiger charge is 2.62. The first kappa shape index (κ1) is 34.8. The fourth-order valence-corrected chi connectivity index (χ4v) is 8.27. The summed E-state index contributed by atoms with van der Waals surface area (Å²) in [4.78, 5) is 65.1. The van der Waals surface area contributed by atoms with Crippen LogP contribution in [0, 0.1) is 11.3 Å². The van der Waals surface area contributed by atoms with Crippen LogP contribution < -0.4 is 20.1 Å². The Morgan fingerprint density at radius 1 is 1.12 bits per heavy atom. The lowest BCUT2D eigenvalue weighted by Gasteiger charge is -2.35. The Labute approximate surface area is 286 Å². The van der Waals surface area contributed by atoms with Crippen LogP contribution in [0.5, 0.6) is 5.88 Å². The third kappa shape index (κ3) is 7.46. The van der Waals surface area contributed by atoms with E-state index in [0.717, 1.165) is 24.8 Å². The molecule has 2 saturated carbocycles. The summed E-state index contributed by atoms with van der Waals surface area (Å²) >= 11 is 0. The molecule has 0 unspecified atom stereocenters. The molecular weight excluding hydrogens is 652 g/mol. The Hall–Kier alpha value is -4.01. The van der Waals surface area contributed by atoms with Crippen molar-refractivity contribution in [3.8, 4) is 5.88 Å². The molecular formula is C34H46N6O8S. The Morgan fingerprint density at radius 3 is 2.59 bits per heavy atom. The molecule has 0 spiro atoms. The zero-order valence-corrected chi connectivity index (χ0v) is 29.3. The average molecular weight is 699 g/mol. The van der Waals surface area contributed by atoms with Gasteiger partial charge in [-0.25, -0.2) is 23.2 Å². The highest BCUT2D eigenvalue weighted by atomic mass is 32.2. The summed E-state index contributed by atoms with van der Waals surface area (Å²) in [5, 5.41) is 5.70. The van der Waals surface area contributed by atoms with E-state index in [-0.39, 0.29) is 31.9 Å². The molecule has 1 saturated heterocycles. The standard InChI is InChI=1S/C34H46N6O8S/c1-5-21-17-34(21,31(43)39-49(45,46)23-11-12-23)38-28(41)26-16-22-18-40(26)30(42)27(33(2,3)4)37-32(44)47-14-8-6-7-9-20-10-13-25-24(15-20)29(48-22)36-19-35-25/h10,13,15,19,21-23,26-27H,5-9,11-12,14,16-18H2,1-4H3,(H,37,44)(H,38,41)(H,39,43)/t21-,22-,26+,27-,34-/m1/s1. The molecule has 2 aromatic rings. The third-order valence-electron chi connectivity index (χ3n) is 10.1. The minimum atomic E-state index is -3.85. The van der Waals surface area contributed by atoms with Crippen LogP contribution in [0.15, 0.2) is 24.5 Å². The van der Waals surface area contributed by atoms with Crippen LogP contribution in [0.4, 0.5) is 4.79 Å². The molecule has 4 amide bonds. The van der Waals surface area contributed by atoms with Crippen molar-refractivity contribution in [2.75, 3.05) is 13.2 Å². The number of alkyl carbamates (subject to hydrolysis) is 1. The van der Waals surface area contributed by atoms with E-state index in [1.165, 1.54) is 11.2 Å². The van der Waals surface area contributed by atoms with E-state index < -0.39 is 68.2 Å². The minimum Gasteiger partial charge on any atom is -0.472 e. The number of hydrogen-bond donors (Lipinski definition) is 3. The molecule has 3 N–H and O–H groups in total. The van der Waals surface area contributed by atoms with Crippen LogP contribution >= 0.6 is 0 Å². The first-order valence-corrected chi connectivity index (χ1v) is 18.8. The van der Waals surface area contributed by atoms with Gasteiger partial charge in [-0.3, -0.25) is 19.1 Å². The van der Waals surface area contributed by atoms with Gasteiger partial charge in [-0.05, 0) is 74.0 Å². The SMILES string of the molecule is CC[C@@H]1C[C@]1(NC(=O)[C@@H]1C[C@@H]2CN1C(=O)[C@H](C(C)(C)C)NC(=O)OCCCCCc1ccc3ncnc(c3c1)O2)C(=O)NS(=O)(=O)C1CC1. The summed E-state index contributed by atoms with van der Waals surface area (Å²) in [6.45, 7) is 7.48. The van der Waals surface area contributed by atoms with Crippen molar-refractivity contribution in [2.24, 2.45) is 11.3 Å². The van der Waals surface area contributed by atoms with Crippen molar-refractivity contribution in [3.05, 3.63) is 30.1 Å². The zero-order chi connectivity index (χ0) is 35.1. The number of hydrogen-bond acceptors (Lipinski definition) is 10. The van der Waals surface area contributed by atoms with Gasteiger partial charge in [0.25, 0.3) is 5.91 Å². The molecule has 2 aliphatic heterocycles. The van der Waals surface area contributed by atoms with Crippen LogP contribution in [-0.4, -0.2) is 89.2 Å². The highest BCUT2D eigenvalue weighted by molar-refractivity contribution is 7.91. The van der Waals surface area contributed by atoms with Gasteiger partial charge in [-0.1, -0.05) is 40.2 Å². The molecule has 5 atom stereocenters. The number of fused-ring (bicyclic) bond motifs is 3. The number of rotatable bonds is 6. The summed E-state index contributed by atoms with van der Waals surface area (Å²) in [6.07, 6.45) is 5.02. The molecule has 266 valence electrons. The van der Waals surface area contributed by atoms with Crippen molar-refractivity contribution in [3.63, 3.8) is 0 Å². The normalized spacial score (nSPS) is 28.1. The van der Waals surface area contributed by atoms with Crippen molar-refractivity contribution in [2.45, 2.75) is 114 Å². The molecule has 1 aromatic heterocycles. The maximum atomic E-state index is 14.4. The predicted octanol–water partition coefficient (Wildman–Crippen LogP) is 2.74. The number of amides is 4. The van der Waals surface area contributed by atoms with E-state index in [2.05, 4.69) is 25.3 Å². The van der Waals surface area contributed by atoms with Crippen molar-refractivity contribution in [1.82, 2.24) is 30.2 Å². The van der Waals surface area contributed by atoms with Gasteiger partial charge in [0.05, 0.1) is 29.3 Å². The number of sulfonamides is 1. The lowest BCUT2D eigenvalue weighted by atomic mass is 9.85. The number of aromatic nitrogens is 2. The Bertz CT molecular complexity index is 1740. The topological polar surface area (TPSA) is 186 Å². The molecule has 4 aliphatic rings. The number of cyclic esters (lactones) is 1. The minimum absolute atomic E-state index is 0.00211. The maximum Gasteiger partial charge on any atom is 0.407 e. The van der Waals surface area contributed by atoms with Crippen LogP contribution in [0.25, 0.3) is 10.9 Å². The third-order valence-corrected chi connectivity index (χ3v) is 11.9. The number of nitrogens with zero attached hydrogens (tertiary/aromatic N) is 3. The van der Waals surface area contributed by atoms with Gasteiger partial charge in [-0.2, -0.15) is 0 Å². The van der Waals surface area contributed by atoms with E-state index in [9.17, 15) is 27.6 Å². The summed E-state index contributed by atoms with van der Waals surface area (Å²) < 4.78 is 39.4. The Balaban J connectivity index is 1.32. The molecule has 2 aliphatic carbocycles. The van der Waals surface area contributed by atoms with Crippen LogP contribution in [-0.2, 0) is 35.6 Å². The number of nitrogens with one attached hydrogen (secondary N) is 3. The number of aryl methyl sites for hydroxylation is 1. The van der Waals surface area contributed by atoms with E-state index in [1.807, 2.05) is 25.1 Å². The molecule has 3 heterocycles. The highest BCUT2D eigenvalue weighted by Crippen LogP contribution is 2.47. The predicted molar refractivity (Wildman–Crippen MR) is 179 cm³/mol. The van der Waals surface area contributed by atoms with Crippen molar-refractivity contribution < 1.29 is 37.1 Å². The molecule has 15 heteroatoms. The average Bonchev–Trinajstić information content (AvgIpc) is 3.97. The fourth-order valence-electron chi connectivity index (χ4n) is 6.90. The number of carbonyl (C=O) groups excluding carboxylic acids is 4. The summed E-state index contributed by atoms with van der Waals surface area (Å²) in [5.74, 6) is -1.82. The van der Waals surface area contributed by atoms with Gasteiger partial charge in [-0.15, -0.1) is 0 Å². The van der Waals surface area contributed by atoms with Crippen LogP contribution in [0.3, 0.4) is 0 Å². The molecule has 14 nitrogen and oxygen atoms in total. The molecule has 0 radical (unpaired) electrons. The first-order chi connectivity index (χ1) is 23.2. The Kier molecular flexibility index (Phi) is 9.50. The van der Waals surface area contributed by atoms with Crippen LogP contribution in [0.1, 0.15) is 84.6 Å². The second kappa shape index (κ2) is 13.4. The summed E-state index contributed by atoms with van der Waals surface area (Å²) in [6, 6.07) is 3.77. The second-order valence-corrected chi connectivity index (χ2v) is 16.8. The lowest BCUT2D eigenvalue weighted by molar-refractivity contribution is -0.143. The van der Waals surface area contributed by atoms with Gasteiger partial charge in [0, 0.05) is 6.42 Å². The largest absolute Gasteiger partial charge is 0.472 e. The van der Waals surface area contributed by atoms with Gasteiger partial charge in [0.1, 0.15) is 30.1 Å². The summed E-state index contributed by atoms with van der Waals surface area (Å²) in [7, 11) is -3.85. The fraction of sp³-hybridized carbons (Fsp3) is 0.647. The molecule has 4 bridgehead atoms. The van der Waals surface area contributed by atoms with Crippen molar-refractivity contribution in [1.29, 1.82) is 0 Å². The lowest BCUT2D eigenvalue weighted by Crippen LogP contribution is -2.60. The summed E-state index contributed by atoms with van der Waals surface area (Å²) in [5.41, 5.74) is -0.417. The molecule has 3 fully saturated rings. The second-order valence-electron chi connectivity index (χ2n) is 14.8. The Morgan fingerprint density at radius 2 is 1.90 bits per heavy atom. The maximum absolute atomic E-state index is 14.4. The number of benzene rings is 1. The van der Waals surface area contributed by atoms with E-state index in [4.69, 9.17) is 9.47 Å². The van der Waals surface area contributed by atoms with Gasteiger partial charge >= 0.3 is 6.09 Å². The van der Waals surface area contributed by atoms with Gasteiger partial charge in [0.15, 0.2) is 0 Å². The van der Waals surface area contributed by atoms with E-state index in [1.54, 1.807) is 20.8 Å². The zero-order valence-electron chi connectivity index (χ0n) is 28.5. The molecule has 1 aromatic carbocycles. The van der Waals surface area contributed by atoms with Crippen molar-refractivity contribution >= 4 is 44.7 Å².